The van der Waals surface area contributed by atoms with Gasteiger partial charge in [0.25, 0.3) is 5.91 Å². The summed E-state index contributed by atoms with van der Waals surface area (Å²) in [4.78, 5) is 34.2. The number of hydrogen-bond donors (Lipinski definition) is 1. The molecule has 34 heavy (non-hydrogen) atoms. The van der Waals surface area contributed by atoms with Gasteiger partial charge >= 0.3 is 0 Å². The maximum atomic E-state index is 13.8. The average molecular weight is 480 g/mol. The fourth-order valence-electron chi connectivity index (χ4n) is 4.32. The van der Waals surface area contributed by atoms with Crippen molar-refractivity contribution in [2.45, 2.75) is 44.2 Å². The highest BCUT2D eigenvalue weighted by Crippen LogP contribution is 2.37. The van der Waals surface area contributed by atoms with Gasteiger partial charge in [-0.15, -0.1) is 11.3 Å². The van der Waals surface area contributed by atoms with Gasteiger partial charge in [-0.1, -0.05) is 31.4 Å². The van der Waals surface area contributed by atoms with Crippen molar-refractivity contribution in [2.24, 2.45) is 0 Å². The molecule has 1 aliphatic carbocycles. The lowest BCUT2D eigenvalue weighted by Gasteiger charge is -2.32. The predicted octanol–water partition coefficient (Wildman–Crippen LogP) is 5.00. The molecule has 8 heteroatoms. The number of hydrogen-bond acceptors (Lipinski definition) is 6. The second-order valence-corrected chi connectivity index (χ2v) is 9.17. The van der Waals surface area contributed by atoms with Crippen molar-refractivity contribution in [1.82, 2.24) is 10.3 Å². The largest absolute Gasteiger partial charge is 0.493 e. The monoisotopic (exact) mass is 479 g/mol. The van der Waals surface area contributed by atoms with Crippen molar-refractivity contribution in [3.8, 4) is 11.5 Å². The van der Waals surface area contributed by atoms with E-state index in [1.807, 2.05) is 17.5 Å². The number of ether oxygens (including phenoxy) is 2. The summed E-state index contributed by atoms with van der Waals surface area (Å²) in [5, 5.41) is 5.12. The van der Waals surface area contributed by atoms with E-state index in [1.165, 1.54) is 22.7 Å². The second kappa shape index (κ2) is 11.2. The first-order valence-electron chi connectivity index (χ1n) is 11.4. The zero-order chi connectivity index (χ0) is 23.9. The number of carbonyl (C=O) groups excluding carboxylic acids is 2. The van der Waals surface area contributed by atoms with Gasteiger partial charge in [-0.2, -0.15) is 0 Å². The molecular formula is C26H29N3O4S. The smallest absolute Gasteiger partial charge is 0.277 e. The van der Waals surface area contributed by atoms with E-state index in [4.69, 9.17) is 9.47 Å². The van der Waals surface area contributed by atoms with Crippen molar-refractivity contribution in [3.05, 3.63) is 70.7 Å². The van der Waals surface area contributed by atoms with E-state index in [0.717, 1.165) is 30.6 Å². The Morgan fingerprint density at radius 1 is 1.03 bits per heavy atom. The summed E-state index contributed by atoms with van der Waals surface area (Å²) >= 11 is 1.44. The normalized spacial score (nSPS) is 14.8. The molecule has 7 nitrogen and oxygen atoms in total. The zero-order valence-corrected chi connectivity index (χ0v) is 20.2. The van der Waals surface area contributed by atoms with Crippen LogP contribution in [-0.4, -0.2) is 37.1 Å². The maximum absolute atomic E-state index is 13.8. The van der Waals surface area contributed by atoms with E-state index < -0.39 is 6.04 Å². The Labute approximate surface area is 203 Å². The van der Waals surface area contributed by atoms with Gasteiger partial charge in [-0.05, 0) is 48.6 Å². The van der Waals surface area contributed by atoms with E-state index in [1.54, 1.807) is 56.8 Å². The fourth-order valence-corrected chi connectivity index (χ4v) is 5.13. The standard InChI is InChI=1S/C26H29N3O4S/c1-32-21-14-13-19(17-22(21)33-2)29(26(31)20-11-6-7-15-27-20)24(23-12-8-16-34-23)25(30)28-18-9-4-3-5-10-18/h6-8,11-18,24H,3-5,9-10H2,1-2H3,(H,28,30)/t24-/m0/s1. The second-order valence-electron chi connectivity index (χ2n) is 8.19. The molecule has 1 N–H and O–H groups in total. The molecule has 1 fully saturated rings. The highest BCUT2D eigenvalue weighted by atomic mass is 32.1. The molecule has 3 aromatic rings. The Balaban J connectivity index is 1.79. The van der Waals surface area contributed by atoms with Gasteiger partial charge in [-0.3, -0.25) is 19.5 Å². The quantitative estimate of drug-likeness (QED) is 0.492. The van der Waals surface area contributed by atoms with Crippen molar-refractivity contribution in [3.63, 3.8) is 0 Å². The topological polar surface area (TPSA) is 80.8 Å². The van der Waals surface area contributed by atoms with Crippen LogP contribution in [0.2, 0.25) is 0 Å². The molecule has 1 aromatic carbocycles. The number of rotatable bonds is 8. The van der Waals surface area contributed by atoms with Crippen LogP contribution < -0.4 is 19.7 Å². The number of carbonyl (C=O) groups is 2. The highest BCUT2D eigenvalue weighted by Gasteiger charge is 2.36. The lowest BCUT2D eigenvalue weighted by Crippen LogP contribution is -2.47. The number of methoxy groups -OCH3 is 2. The van der Waals surface area contributed by atoms with E-state index in [2.05, 4.69) is 10.3 Å². The Bertz CT molecular complexity index is 1100. The molecule has 1 atom stereocenters. The Morgan fingerprint density at radius 2 is 1.82 bits per heavy atom. The summed E-state index contributed by atoms with van der Waals surface area (Å²) in [6, 6.07) is 13.4. The summed E-state index contributed by atoms with van der Waals surface area (Å²) in [7, 11) is 3.10. The van der Waals surface area contributed by atoms with Crippen molar-refractivity contribution in [1.29, 1.82) is 0 Å². The molecule has 0 aliphatic heterocycles. The van der Waals surface area contributed by atoms with Crippen molar-refractivity contribution >= 4 is 28.8 Å². The first kappa shape index (κ1) is 23.8. The molecule has 0 bridgehead atoms. The molecule has 0 spiro atoms. The van der Waals surface area contributed by atoms with Gasteiger partial charge in [0.15, 0.2) is 17.5 Å². The Morgan fingerprint density at radius 3 is 2.47 bits per heavy atom. The molecule has 1 aliphatic rings. The van der Waals surface area contributed by atoms with Crippen LogP contribution in [0.25, 0.3) is 0 Å². The number of benzene rings is 1. The minimum absolute atomic E-state index is 0.112. The third-order valence-electron chi connectivity index (χ3n) is 6.02. The first-order chi connectivity index (χ1) is 16.6. The van der Waals surface area contributed by atoms with E-state index in [-0.39, 0.29) is 23.6 Å². The van der Waals surface area contributed by atoms with Crippen LogP contribution in [-0.2, 0) is 4.79 Å². The van der Waals surface area contributed by atoms with E-state index in [0.29, 0.717) is 17.2 Å². The Kier molecular flexibility index (Phi) is 7.80. The summed E-state index contributed by atoms with van der Waals surface area (Å²) in [6.45, 7) is 0. The van der Waals surface area contributed by atoms with E-state index in [9.17, 15) is 9.59 Å². The molecule has 0 radical (unpaired) electrons. The van der Waals surface area contributed by atoms with E-state index >= 15 is 0 Å². The predicted molar refractivity (Wildman–Crippen MR) is 133 cm³/mol. The number of pyridine rings is 1. The van der Waals surface area contributed by atoms with Crippen molar-refractivity contribution < 1.29 is 19.1 Å². The summed E-state index contributed by atoms with van der Waals surface area (Å²) < 4.78 is 10.9. The molecule has 0 saturated heterocycles. The molecule has 2 aromatic heterocycles. The molecule has 178 valence electrons. The SMILES string of the molecule is COc1ccc(N(C(=O)c2ccccn2)[C@H](C(=O)NC2CCCCC2)c2cccs2)cc1OC. The van der Waals surface area contributed by atoms with Crippen LogP contribution in [0.1, 0.15) is 53.5 Å². The van der Waals surface area contributed by atoms with Gasteiger partial charge in [0.05, 0.1) is 14.2 Å². The lowest BCUT2D eigenvalue weighted by atomic mass is 9.95. The minimum atomic E-state index is -0.852. The number of aromatic nitrogens is 1. The van der Waals surface area contributed by atoms with Gasteiger partial charge < -0.3 is 14.8 Å². The number of anilines is 1. The first-order valence-corrected chi connectivity index (χ1v) is 12.3. The minimum Gasteiger partial charge on any atom is -0.493 e. The summed E-state index contributed by atoms with van der Waals surface area (Å²) in [6.07, 6.45) is 6.86. The van der Waals surface area contributed by atoms with Crippen LogP contribution >= 0.6 is 11.3 Å². The lowest BCUT2D eigenvalue weighted by molar-refractivity contribution is -0.123. The van der Waals surface area contributed by atoms with Gasteiger partial charge in [0.1, 0.15) is 5.69 Å². The summed E-state index contributed by atoms with van der Waals surface area (Å²) in [5.41, 5.74) is 0.773. The molecular weight excluding hydrogens is 450 g/mol. The fraction of sp³-hybridized carbons (Fsp3) is 0.346. The van der Waals surface area contributed by atoms with Gasteiger partial charge in [0, 0.05) is 28.9 Å². The third kappa shape index (κ3) is 5.22. The van der Waals surface area contributed by atoms with Crippen LogP contribution in [0.4, 0.5) is 5.69 Å². The van der Waals surface area contributed by atoms with Gasteiger partial charge in [0.2, 0.25) is 5.91 Å². The maximum Gasteiger partial charge on any atom is 0.277 e. The molecule has 2 amide bonds. The number of nitrogens with zero attached hydrogens (tertiary/aromatic N) is 2. The molecule has 4 rings (SSSR count). The molecule has 1 saturated carbocycles. The van der Waals surface area contributed by atoms with Crippen LogP contribution in [0.3, 0.4) is 0 Å². The highest BCUT2D eigenvalue weighted by molar-refractivity contribution is 7.10. The zero-order valence-electron chi connectivity index (χ0n) is 19.4. The third-order valence-corrected chi connectivity index (χ3v) is 6.94. The number of nitrogens with one attached hydrogen (secondary N) is 1. The van der Waals surface area contributed by atoms with Crippen LogP contribution in [0.5, 0.6) is 11.5 Å². The van der Waals surface area contributed by atoms with Crippen LogP contribution in [0.15, 0.2) is 60.1 Å². The van der Waals surface area contributed by atoms with Crippen molar-refractivity contribution in [2.75, 3.05) is 19.1 Å². The number of thiophene rings is 1. The molecule has 0 unspecified atom stereocenters. The summed E-state index contributed by atoms with van der Waals surface area (Å²) in [5.74, 6) is 0.436. The van der Waals surface area contributed by atoms with Gasteiger partial charge in [-0.25, -0.2) is 0 Å². The average Bonchev–Trinajstić information content (AvgIpc) is 3.42. The number of amides is 2. The molecule has 2 heterocycles. The van der Waals surface area contributed by atoms with Crippen LogP contribution in [0, 0.1) is 0 Å². The Hall–Kier alpha value is -3.39.